The zero-order valence-corrected chi connectivity index (χ0v) is 15.9. The van der Waals surface area contributed by atoms with E-state index in [1.165, 1.54) is 12.1 Å². The Morgan fingerprint density at radius 1 is 1.07 bits per heavy atom. The number of benzene rings is 2. The van der Waals surface area contributed by atoms with Crippen molar-refractivity contribution >= 4 is 5.91 Å². The quantitative estimate of drug-likeness (QED) is 0.830. The fraction of sp³-hybridized carbons (Fsp3) is 0.409. The summed E-state index contributed by atoms with van der Waals surface area (Å²) < 4.78 is 36.2. The molecular weight excluding hydrogens is 380 g/mol. The molecule has 2 saturated heterocycles. The van der Waals surface area contributed by atoms with Gasteiger partial charge in [-0.3, -0.25) is 4.79 Å². The molecule has 1 N–H and O–H groups in total. The van der Waals surface area contributed by atoms with E-state index in [4.69, 9.17) is 9.47 Å². The maximum atomic E-state index is 12.7. The van der Waals surface area contributed by atoms with Crippen molar-refractivity contribution in [1.29, 1.82) is 0 Å². The average molecular weight is 403 g/mol. The third-order valence-corrected chi connectivity index (χ3v) is 5.51. The normalized spacial score (nSPS) is 19.1. The molecule has 4 rings (SSSR count). The molecule has 0 saturated carbocycles. The highest BCUT2D eigenvalue weighted by Crippen LogP contribution is 2.29. The van der Waals surface area contributed by atoms with Crippen LogP contribution in [0.3, 0.4) is 0 Å². The Hall–Kier alpha value is -2.51. The molecule has 1 amide bonds. The van der Waals surface area contributed by atoms with E-state index >= 15 is 0 Å². The molecule has 2 aliphatic heterocycles. The summed E-state index contributed by atoms with van der Waals surface area (Å²) in [4.78, 5) is 14.5. The highest BCUT2D eigenvalue weighted by atomic mass is 19.3. The molecule has 2 aromatic carbocycles. The van der Waals surface area contributed by atoms with Crippen LogP contribution < -0.4 is 4.74 Å². The molecule has 2 heterocycles. The maximum Gasteiger partial charge on any atom is 0.263 e. The molecule has 2 aliphatic rings. The summed E-state index contributed by atoms with van der Waals surface area (Å²) in [5, 5.41) is 10.3. The lowest BCUT2D eigenvalue weighted by Gasteiger charge is -2.37. The predicted octanol–water partition coefficient (Wildman–Crippen LogP) is 3.53. The second kappa shape index (κ2) is 8.08. The van der Waals surface area contributed by atoms with Crippen molar-refractivity contribution in [2.45, 2.75) is 31.0 Å². The Kier molecular flexibility index (Phi) is 5.52. The van der Waals surface area contributed by atoms with E-state index in [2.05, 4.69) is 0 Å². The van der Waals surface area contributed by atoms with E-state index in [9.17, 15) is 18.7 Å². The number of aliphatic hydroxyl groups is 1. The zero-order valence-electron chi connectivity index (χ0n) is 15.9. The number of rotatable bonds is 5. The number of hydrogen-bond acceptors (Lipinski definition) is 4. The molecule has 0 unspecified atom stereocenters. The predicted molar refractivity (Wildman–Crippen MR) is 102 cm³/mol. The summed E-state index contributed by atoms with van der Waals surface area (Å²) in [6.45, 7) is 1.69. The number of likely N-dealkylation sites (tertiary alicyclic amines) is 1. The van der Waals surface area contributed by atoms with Gasteiger partial charge >= 0.3 is 0 Å². The van der Waals surface area contributed by atoms with Crippen LogP contribution in [0.25, 0.3) is 0 Å². The van der Waals surface area contributed by atoms with E-state index in [1.54, 1.807) is 41.3 Å². The van der Waals surface area contributed by atoms with Crippen LogP contribution in [0.1, 0.15) is 40.8 Å². The molecule has 0 aliphatic carbocycles. The van der Waals surface area contributed by atoms with Crippen molar-refractivity contribution in [2.75, 3.05) is 26.3 Å². The highest BCUT2D eigenvalue weighted by molar-refractivity contribution is 5.94. The van der Waals surface area contributed by atoms with Crippen molar-refractivity contribution in [3.8, 4) is 5.75 Å². The van der Waals surface area contributed by atoms with E-state index in [1.807, 2.05) is 0 Å². The topological polar surface area (TPSA) is 59.0 Å². The van der Waals surface area contributed by atoms with Crippen LogP contribution in [0.15, 0.2) is 48.5 Å². The molecule has 154 valence electrons. The van der Waals surface area contributed by atoms with Crippen LogP contribution in [0.4, 0.5) is 8.78 Å². The van der Waals surface area contributed by atoms with E-state index < -0.39 is 12.0 Å². The number of carbonyl (C=O) groups excluding carboxylic acids is 1. The van der Waals surface area contributed by atoms with Crippen molar-refractivity contribution in [3.05, 3.63) is 65.2 Å². The minimum Gasteiger partial charge on any atom is -0.490 e. The number of carbonyl (C=O) groups is 1. The molecule has 0 radical (unpaired) electrons. The van der Waals surface area contributed by atoms with E-state index in [-0.39, 0.29) is 30.8 Å². The average Bonchev–Trinajstić information content (AvgIpc) is 2.72. The van der Waals surface area contributed by atoms with Crippen LogP contribution in [0.2, 0.25) is 0 Å². The number of nitrogens with zero attached hydrogens (tertiary/aromatic N) is 1. The van der Waals surface area contributed by atoms with Crippen molar-refractivity contribution in [2.24, 2.45) is 0 Å². The van der Waals surface area contributed by atoms with Gasteiger partial charge in [-0.15, -0.1) is 0 Å². The highest BCUT2D eigenvalue weighted by Gasteiger charge is 2.38. The van der Waals surface area contributed by atoms with Gasteiger partial charge in [0.15, 0.2) is 0 Å². The molecule has 0 bridgehead atoms. The number of piperidine rings is 1. The Bertz CT molecular complexity index is 842. The van der Waals surface area contributed by atoms with Gasteiger partial charge in [-0.2, -0.15) is 0 Å². The van der Waals surface area contributed by atoms with Gasteiger partial charge in [0.1, 0.15) is 17.5 Å². The van der Waals surface area contributed by atoms with Crippen LogP contribution in [-0.4, -0.2) is 48.3 Å². The van der Waals surface area contributed by atoms with Crippen LogP contribution in [0, 0.1) is 0 Å². The standard InChI is InChI=1S/C22H23F2NO4/c23-20(24)15-3-7-18(8-4-15)29-19-9-11-25(12-10-19)21(26)16-1-5-17(6-2-16)22(27)13-28-14-22/h1-8,19-20,27H,9-14H2. The van der Waals surface area contributed by atoms with Gasteiger partial charge in [-0.25, -0.2) is 8.78 Å². The first kappa shape index (κ1) is 19.8. The van der Waals surface area contributed by atoms with Gasteiger partial charge < -0.3 is 19.5 Å². The van der Waals surface area contributed by atoms with Gasteiger partial charge in [-0.05, 0) is 42.0 Å². The largest absolute Gasteiger partial charge is 0.490 e. The van der Waals surface area contributed by atoms with Crippen LogP contribution in [-0.2, 0) is 10.3 Å². The molecule has 2 fully saturated rings. The molecule has 0 atom stereocenters. The fourth-order valence-corrected chi connectivity index (χ4v) is 3.63. The Morgan fingerprint density at radius 3 is 2.21 bits per heavy atom. The van der Waals surface area contributed by atoms with Gasteiger partial charge in [0.2, 0.25) is 0 Å². The number of ether oxygens (including phenoxy) is 2. The first-order valence-corrected chi connectivity index (χ1v) is 9.69. The lowest BCUT2D eigenvalue weighted by Crippen LogP contribution is -2.46. The van der Waals surface area contributed by atoms with Gasteiger partial charge in [0, 0.05) is 37.1 Å². The third kappa shape index (κ3) is 4.26. The molecule has 7 heteroatoms. The first-order chi connectivity index (χ1) is 13.9. The summed E-state index contributed by atoms with van der Waals surface area (Å²) >= 11 is 0. The summed E-state index contributed by atoms with van der Waals surface area (Å²) in [6, 6.07) is 12.9. The summed E-state index contributed by atoms with van der Waals surface area (Å²) in [6.07, 6.45) is -1.18. The minimum absolute atomic E-state index is 0.0271. The Balaban J connectivity index is 1.30. The summed E-state index contributed by atoms with van der Waals surface area (Å²) in [7, 11) is 0. The molecule has 0 spiro atoms. The van der Waals surface area contributed by atoms with Crippen molar-refractivity contribution < 1.29 is 28.2 Å². The zero-order chi connectivity index (χ0) is 20.4. The fourth-order valence-electron chi connectivity index (χ4n) is 3.63. The smallest absolute Gasteiger partial charge is 0.263 e. The van der Waals surface area contributed by atoms with E-state index in [0.717, 1.165) is 5.56 Å². The molecule has 0 aromatic heterocycles. The minimum atomic E-state index is -2.49. The summed E-state index contributed by atoms with van der Waals surface area (Å²) in [5.41, 5.74) is 0.371. The Labute approximate surface area is 167 Å². The molecular formula is C22H23F2NO4. The van der Waals surface area contributed by atoms with E-state index in [0.29, 0.717) is 37.2 Å². The monoisotopic (exact) mass is 403 g/mol. The second-order valence-electron chi connectivity index (χ2n) is 7.58. The van der Waals surface area contributed by atoms with Gasteiger partial charge in [0.05, 0.1) is 13.2 Å². The molecule has 29 heavy (non-hydrogen) atoms. The third-order valence-electron chi connectivity index (χ3n) is 5.51. The van der Waals surface area contributed by atoms with Crippen LogP contribution >= 0.6 is 0 Å². The molecule has 5 nitrogen and oxygen atoms in total. The number of halogens is 2. The lowest BCUT2D eigenvalue weighted by atomic mass is 9.91. The van der Waals surface area contributed by atoms with Crippen LogP contribution in [0.5, 0.6) is 5.75 Å². The maximum absolute atomic E-state index is 12.7. The SMILES string of the molecule is O=C(c1ccc(C2(O)COC2)cc1)N1CCC(Oc2ccc(C(F)F)cc2)CC1. The van der Waals surface area contributed by atoms with Gasteiger partial charge in [-0.1, -0.05) is 12.1 Å². The van der Waals surface area contributed by atoms with Gasteiger partial charge in [0.25, 0.3) is 12.3 Å². The number of hydrogen-bond donors (Lipinski definition) is 1. The van der Waals surface area contributed by atoms with Crippen molar-refractivity contribution in [3.63, 3.8) is 0 Å². The number of amides is 1. The molecule has 2 aromatic rings. The Morgan fingerprint density at radius 2 is 1.69 bits per heavy atom. The number of alkyl halides is 2. The first-order valence-electron chi connectivity index (χ1n) is 9.69. The lowest BCUT2D eigenvalue weighted by molar-refractivity contribution is -0.184. The second-order valence-corrected chi connectivity index (χ2v) is 7.58. The van der Waals surface area contributed by atoms with Crippen molar-refractivity contribution in [1.82, 2.24) is 4.90 Å². The summed E-state index contributed by atoms with van der Waals surface area (Å²) in [5.74, 6) is 0.515.